The number of ether oxygens (including phenoxy) is 1. The van der Waals surface area contributed by atoms with E-state index in [9.17, 15) is 18.4 Å². The highest BCUT2D eigenvalue weighted by Gasteiger charge is 2.41. The lowest BCUT2D eigenvalue weighted by Gasteiger charge is -2.37. The number of amides is 2. The van der Waals surface area contributed by atoms with Gasteiger partial charge in [-0.05, 0) is 93.3 Å². The number of aryl methyl sites for hydroxylation is 1. The van der Waals surface area contributed by atoms with Crippen molar-refractivity contribution in [1.29, 1.82) is 0 Å². The Labute approximate surface area is 287 Å². The zero-order valence-corrected chi connectivity index (χ0v) is 28.3. The molecule has 0 unspecified atom stereocenters. The number of fused-ring (bicyclic) bond motifs is 4. The molecule has 1 aromatic carbocycles. The van der Waals surface area contributed by atoms with Crippen LogP contribution in [0.15, 0.2) is 48.7 Å². The van der Waals surface area contributed by atoms with Crippen LogP contribution in [0.4, 0.5) is 8.78 Å². The number of halogens is 2. The zero-order valence-electron chi connectivity index (χ0n) is 28.3. The summed E-state index contributed by atoms with van der Waals surface area (Å²) in [4.78, 5) is 42.6. The van der Waals surface area contributed by atoms with Crippen LogP contribution in [0.25, 0.3) is 33.6 Å². The molecule has 13 heteroatoms. The number of pyridine rings is 2. The predicted octanol–water partition coefficient (Wildman–Crippen LogP) is 5.78. The normalized spacial score (nSPS) is 20.9. The number of nitrogens with one attached hydrogen (secondary N) is 1. The molecule has 0 radical (unpaired) electrons. The van der Waals surface area contributed by atoms with E-state index >= 15 is 0 Å². The quantitative estimate of drug-likeness (QED) is 0.201. The first-order valence-electron chi connectivity index (χ1n) is 17.3. The standard InChI is InChI=1S/C37H40F2N8O3/c1-19(42-36(48)23-10-11-41-29(13-23)33(38)39)27-9-7-22-15-30(47(34(22)43-27)17-20-4-5-20)35-44-28-14-24(16-31(50-3)32(28)45(35)2)37(49)46-18-26(40)21-6-8-25(46)12-21/h7,9-11,13-16,19-21,25-26,33H,4-6,8,12,17-18,40H2,1-3H3,(H,42,48)/t19-,21+,25-,26+/m1/s1. The molecule has 3 N–H and O–H groups in total. The van der Waals surface area contributed by atoms with E-state index in [1.807, 2.05) is 47.7 Å². The number of benzene rings is 1. The molecule has 50 heavy (non-hydrogen) atoms. The molecule has 2 bridgehead atoms. The van der Waals surface area contributed by atoms with Gasteiger partial charge in [-0.2, -0.15) is 0 Å². The molecule has 5 heterocycles. The van der Waals surface area contributed by atoms with Gasteiger partial charge in [0.05, 0.1) is 30.1 Å². The maximum atomic E-state index is 13.9. The average Bonchev–Trinajstić information content (AvgIpc) is 3.58. The lowest BCUT2D eigenvalue weighted by molar-refractivity contribution is 0.0603. The number of aromatic nitrogens is 5. The Kier molecular flexibility index (Phi) is 8.04. The molecule has 4 aromatic heterocycles. The molecule has 1 saturated heterocycles. The number of likely N-dealkylation sites (tertiary alicyclic amines) is 1. The zero-order chi connectivity index (χ0) is 34.8. The summed E-state index contributed by atoms with van der Waals surface area (Å²) in [6, 6.07) is 11.8. The SMILES string of the molecule is COc1cc(C(=O)N2C[C@H](N)[C@H]3CC[C@@H]2C3)cc2nc(-c3cc4ccc([C@@H](C)NC(=O)c5ccnc(C(F)F)c5)nc4n3CC3CC3)n(C)c12. The van der Waals surface area contributed by atoms with Gasteiger partial charge in [0.2, 0.25) is 0 Å². The van der Waals surface area contributed by atoms with E-state index in [4.69, 9.17) is 20.4 Å². The molecule has 4 atom stereocenters. The van der Waals surface area contributed by atoms with Crippen molar-refractivity contribution in [3.63, 3.8) is 0 Å². The van der Waals surface area contributed by atoms with Crippen molar-refractivity contribution in [1.82, 2.24) is 34.3 Å². The van der Waals surface area contributed by atoms with Crippen LogP contribution in [0.3, 0.4) is 0 Å². The Morgan fingerprint density at radius 3 is 2.62 bits per heavy atom. The minimum absolute atomic E-state index is 0.00545. The Bertz CT molecular complexity index is 2140. The fraction of sp³-hybridized carbons (Fsp3) is 0.432. The third-order valence-electron chi connectivity index (χ3n) is 10.8. The number of hydrogen-bond donors (Lipinski definition) is 2. The van der Waals surface area contributed by atoms with Crippen molar-refractivity contribution < 1.29 is 23.1 Å². The van der Waals surface area contributed by atoms with E-state index < -0.39 is 24.1 Å². The Morgan fingerprint density at radius 2 is 1.86 bits per heavy atom. The number of carbonyl (C=O) groups is 2. The minimum atomic E-state index is -2.77. The van der Waals surface area contributed by atoms with Crippen LogP contribution in [-0.2, 0) is 13.6 Å². The summed E-state index contributed by atoms with van der Waals surface area (Å²) in [6.07, 6.45) is 3.70. The molecule has 5 aromatic rings. The minimum Gasteiger partial charge on any atom is -0.494 e. The van der Waals surface area contributed by atoms with Crippen molar-refractivity contribution in [3.8, 4) is 17.3 Å². The molecule has 0 spiro atoms. The number of nitrogens with zero attached hydrogens (tertiary/aromatic N) is 6. The van der Waals surface area contributed by atoms with Gasteiger partial charge < -0.3 is 29.8 Å². The van der Waals surface area contributed by atoms with Gasteiger partial charge >= 0.3 is 0 Å². The van der Waals surface area contributed by atoms with Crippen LogP contribution in [-0.4, -0.2) is 66.5 Å². The highest BCUT2D eigenvalue weighted by Crippen LogP contribution is 2.40. The smallest absolute Gasteiger partial charge is 0.280 e. The molecule has 8 rings (SSSR count). The highest BCUT2D eigenvalue weighted by atomic mass is 19.3. The van der Waals surface area contributed by atoms with Gasteiger partial charge in [-0.15, -0.1) is 0 Å². The van der Waals surface area contributed by atoms with Crippen LogP contribution in [0, 0.1) is 11.8 Å². The van der Waals surface area contributed by atoms with Gasteiger partial charge in [0, 0.05) is 54.9 Å². The number of carbonyl (C=O) groups excluding carboxylic acids is 2. The van der Waals surface area contributed by atoms with E-state index in [1.54, 1.807) is 7.11 Å². The van der Waals surface area contributed by atoms with Gasteiger partial charge in [-0.25, -0.2) is 18.7 Å². The first-order chi connectivity index (χ1) is 24.1. The van der Waals surface area contributed by atoms with Gasteiger partial charge in [0.15, 0.2) is 5.82 Å². The number of piperidine rings is 1. The van der Waals surface area contributed by atoms with E-state index in [2.05, 4.69) is 20.9 Å². The average molecular weight is 683 g/mol. The first kappa shape index (κ1) is 32.3. The molecule has 2 saturated carbocycles. The Hall–Kier alpha value is -4.91. The van der Waals surface area contributed by atoms with E-state index in [1.165, 1.54) is 12.3 Å². The third-order valence-corrected chi connectivity index (χ3v) is 10.8. The molecule has 3 aliphatic rings. The first-order valence-corrected chi connectivity index (χ1v) is 17.3. The predicted molar refractivity (Wildman–Crippen MR) is 184 cm³/mol. The summed E-state index contributed by atoms with van der Waals surface area (Å²) in [5, 5.41) is 3.81. The lowest BCUT2D eigenvalue weighted by Crippen LogP contribution is -2.51. The third kappa shape index (κ3) is 5.66. The van der Waals surface area contributed by atoms with Crippen LogP contribution >= 0.6 is 0 Å². The van der Waals surface area contributed by atoms with Crippen molar-refractivity contribution in [2.75, 3.05) is 13.7 Å². The Morgan fingerprint density at radius 1 is 1.04 bits per heavy atom. The number of imidazole rings is 1. The van der Waals surface area contributed by atoms with Crippen molar-refractivity contribution in [2.24, 2.45) is 24.6 Å². The molecule has 2 amide bonds. The second kappa shape index (κ2) is 12.4. The summed E-state index contributed by atoms with van der Waals surface area (Å²) in [5.41, 5.74) is 10.4. The van der Waals surface area contributed by atoms with Crippen LogP contribution < -0.4 is 15.8 Å². The van der Waals surface area contributed by atoms with Gasteiger partial charge in [0.1, 0.15) is 22.6 Å². The number of alkyl halides is 2. The monoisotopic (exact) mass is 682 g/mol. The second-order valence-corrected chi connectivity index (χ2v) is 14.1. The largest absolute Gasteiger partial charge is 0.494 e. The van der Waals surface area contributed by atoms with Crippen LogP contribution in [0.1, 0.15) is 83.6 Å². The maximum Gasteiger partial charge on any atom is 0.280 e. The molecular formula is C37H40F2N8O3. The lowest BCUT2D eigenvalue weighted by atomic mass is 9.94. The number of methoxy groups -OCH3 is 1. The molecule has 2 aliphatic carbocycles. The summed E-state index contributed by atoms with van der Waals surface area (Å²) in [5.74, 6) is 1.77. The number of rotatable bonds is 9. The van der Waals surface area contributed by atoms with Crippen molar-refractivity contribution >= 4 is 33.9 Å². The fourth-order valence-corrected chi connectivity index (χ4v) is 7.80. The highest BCUT2D eigenvalue weighted by molar-refractivity contribution is 6.00. The fourth-order valence-electron chi connectivity index (χ4n) is 7.80. The van der Waals surface area contributed by atoms with Gasteiger partial charge in [0.25, 0.3) is 18.2 Å². The summed E-state index contributed by atoms with van der Waals surface area (Å²) in [7, 11) is 3.56. The maximum absolute atomic E-state index is 13.9. The number of nitrogens with two attached hydrogens (primary N) is 1. The van der Waals surface area contributed by atoms with Crippen molar-refractivity contribution in [2.45, 2.75) is 70.1 Å². The molecule has 11 nitrogen and oxygen atoms in total. The molecule has 3 fully saturated rings. The van der Waals surface area contributed by atoms with E-state index in [-0.39, 0.29) is 23.6 Å². The van der Waals surface area contributed by atoms with Crippen molar-refractivity contribution in [3.05, 3.63) is 71.2 Å². The van der Waals surface area contributed by atoms with Gasteiger partial charge in [-0.1, -0.05) is 0 Å². The van der Waals surface area contributed by atoms with Crippen LogP contribution in [0.2, 0.25) is 0 Å². The van der Waals surface area contributed by atoms with E-state index in [0.29, 0.717) is 40.9 Å². The molecular weight excluding hydrogens is 642 g/mol. The molecule has 1 aliphatic heterocycles. The summed E-state index contributed by atoms with van der Waals surface area (Å²) < 4.78 is 36.4. The van der Waals surface area contributed by atoms with E-state index in [0.717, 1.165) is 72.8 Å². The summed E-state index contributed by atoms with van der Waals surface area (Å²) in [6.45, 7) is 3.13. The summed E-state index contributed by atoms with van der Waals surface area (Å²) >= 11 is 0. The second-order valence-electron chi connectivity index (χ2n) is 14.1. The number of hydrogen-bond acceptors (Lipinski definition) is 7. The molecule has 260 valence electrons. The topological polar surface area (TPSA) is 133 Å². The Balaban J connectivity index is 1.14. The van der Waals surface area contributed by atoms with Gasteiger partial charge in [-0.3, -0.25) is 14.6 Å². The van der Waals surface area contributed by atoms with Crippen LogP contribution in [0.5, 0.6) is 5.75 Å².